The van der Waals surface area contributed by atoms with Crippen LogP contribution in [0, 0.1) is 13.8 Å². The van der Waals surface area contributed by atoms with Gasteiger partial charge in [-0.3, -0.25) is 0 Å². The molecule has 0 N–H and O–H groups in total. The zero-order valence-electron chi connectivity index (χ0n) is 9.51. The molecular formula is C14H14N2. The molecule has 0 aliphatic carbocycles. The van der Waals surface area contributed by atoms with Crippen LogP contribution in [0.4, 0.5) is 11.4 Å². The number of benzene rings is 2. The molecule has 0 atom stereocenters. The lowest BCUT2D eigenvalue weighted by molar-refractivity contribution is 1.20. The second-order valence-electron chi connectivity index (χ2n) is 3.83. The minimum atomic E-state index is 0.892. The average Bonchev–Trinajstić information content (AvgIpc) is 2.28. The predicted octanol–water partition coefficient (Wildman–Crippen LogP) is 4.72. The zero-order valence-corrected chi connectivity index (χ0v) is 9.51. The summed E-state index contributed by atoms with van der Waals surface area (Å²) in [4.78, 5) is 0. The number of hydrogen-bond acceptors (Lipinski definition) is 2. The summed E-state index contributed by atoms with van der Waals surface area (Å²) < 4.78 is 0. The Bertz CT molecular complexity index is 516. The maximum absolute atomic E-state index is 4.24. The maximum atomic E-state index is 4.24. The van der Waals surface area contributed by atoms with Gasteiger partial charge in [0.15, 0.2) is 0 Å². The Morgan fingerprint density at radius 3 is 2.38 bits per heavy atom. The van der Waals surface area contributed by atoms with Crippen LogP contribution in [-0.2, 0) is 0 Å². The molecule has 2 heteroatoms. The third-order valence-corrected chi connectivity index (χ3v) is 2.39. The highest BCUT2D eigenvalue weighted by Gasteiger charge is 1.94. The Balaban J connectivity index is 2.25. The van der Waals surface area contributed by atoms with Crippen LogP contribution in [0.3, 0.4) is 0 Å². The van der Waals surface area contributed by atoms with E-state index in [9.17, 15) is 0 Å². The van der Waals surface area contributed by atoms with Crippen molar-refractivity contribution in [2.45, 2.75) is 13.8 Å². The molecule has 80 valence electrons. The lowest BCUT2D eigenvalue weighted by Gasteiger charge is -1.97. The standard InChI is InChI=1S/C14H14N2/c1-11-6-5-8-13(10-11)15-16-14-9-4-3-7-12(14)2/h3-10H,1-2H3/b16-15+. The van der Waals surface area contributed by atoms with Gasteiger partial charge in [-0.15, -0.1) is 0 Å². The molecule has 0 aliphatic heterocycles. The number of azo groups is 1. The first-order valence-corrected chi connectivity index (χ1v) is 5.30. The van der Waals surface area contributed by atoms with Crippen molar-refractivity contribution in [3.05, 3.63) is 59.7 Å². The van der Waals surface area contributed by atoms with E-state index in [0.717, 1.165) is 16.9 Å². The van der Waals surface area contributed by atoms with Gasteiger partial charge in [0.05, 0.1) is 11.4 Å². The van der Waals surface area contributed by atoms with Gasteiger partial charge in [0.25, 0.3) is 0 Å². The molecule has 0 amide bonds. The van der Waals surface area contributed by atoms with Crippen LogP contribution in [0.25, 0.3) is 0 Å². The van der Waals surface area contributed by atoms with Crippen molar-refractivity contribution in [2.75, 3.05) is 0 Å². The molecule has 0 bridgehead atoms. The molecule has 16 heavy (non-hydrogen) atoms. The first kappa shape index (κ1) is 10.6. The fourth-order valence-electron chi connectivity index (χ4n) is 1.48. The van der Waals surface area contributed by atoms with Gasteiger partial charge in [0, 0.05) is 0 Å². The van der Waals surface area contributed by atoms with E-state index in [4.69, 9.17) is 0 Å². The Morgan fingerprint density at radius 1 is 0.812 bits per heavy atom. The molecule has 0 saturated heterocycles. The first-order chi connectivity index (χ1) is 7.75. The van der Waals surface area contributed by atoms with Crippen molar-refractivity contribution in [2.24, 2.45) is 10.2 Å². The molecule has 0 aromatic heterocycles. The van der Waals surface area contributed by atoms with Crippen molar-refractivity contribution in [3.8, 4) is 0 Å². The van der Waals surface area contributed by atoms with Gasteiger partial charge >= 0.3 is 0 Å². The maximum Gasteiger partial charge on any atom is 0.0886 e. The van der Waals surface area contributed by atoms with Gasteiger partial charge in [-0.1, -0.05) is 30.3 Å². The van der Waals surface area contributed by atoms with Gasteiger partial charge in [-0.2, -0.15) is 10.2 Å². The third-order valence-electron chi connectivity index (χ3n) is 2.39. The normalized spacial score (nSPS) is 10.9. The van der Waals surface area contributed by atoms with Crippen LogP contribution >= 0.6 is 0 Å². The van der Waals surface area contributed by atoms with E-state index in [-0.39, 0.29) is 0 Å². The largest absolute Gasteiger partial charge is 0.151 e. The van der Waals surface area contributed by atoms with Gasteiger partial charge < -0.3 is 0 Å². The quantitative estimate of drug-likeness (QED) is 0.641. The van der Waals surface area contributed by atoms with Gasteiger partial charge in [-0.05, 0) is 43.2 Å². The topological polar surface area (TPSA) is 24.7 Å². The highest BCUT2D eigenvalue weighted by Crippen LogP contribution is 2.21. The van der Waals surface area contributed by atoms with Crippen LogP contribution in [0.5, 0.6) is 0 Å². The summed E-state index contributed by atoms with van der Waals surface area (Å²) >= 11 is 0. The SMILES string of the molecule is Cc1cccc(/N=N/c2ccccc2C)c1. The molecule has 2 aromatic carbocycles. The number of rotatable bonds is 2. The monoisotopic (exact) mass is 210 g/mol. The van der Waals surface area contributed by atoms with E-state index >= 15 is 0 Å². The van der Waals surface area contributed by atoms with E-state index < -0.39 is 0 Å². The average molecular weight is 210 g/mol. The van der Waals surface area contributed by atoms with E-state index in [2.05, 4.69) is 10.2 Å². The molecule has 0 unspecified atom stereocenters. The summed E-state index contributed by atoms with van der Waals surface area (Å²) in [6, 6.07) is 16.0. The first-order valence-electron chi connectivity index (χ1n) is 5.30. The lowest BCUT2D eigenvalue weighted by Crippen LogP contribution is -1.72. The molecule has 0 spiro atoms. The van der Waals surface area contributed by atoms with Crippen LogP contribution in [-0.4, -0.2) is 0 Å². The number of nitrogens with zero attached hydrogens (tertiary/aromatic N) is 2. The molecule has 0 radical (unpaired) electrons. The number of hydrogen-bond donors (Lipinski definition) is 0. The van der Waals surface area contributed by atoms with Crippen molar-refractivity contribution in [1.82, 2.24) is 0 Å². The van der Waals surface area contributed by atoms with Crippen LogP contribution in [0.2, 0.25) is 0 Å². The molecule has 0 saturated carbocycles. The smallest absolute Gasteiger partial charge is 0.0886 e. The highest BCUT2D eigenvalue weighted by molar-refractivity contribution is 5.45. The molecule has 2 nitrogen and oxygen atoms in total. The van der Waals surface area contributed by atoms with Crippen molar-refractivity contribution < 1.29 is 0 Å². The fourth-order valence-corrected chi connectivity index (χ4v) is 1.48. The molecule has 0 heterocycles. The molecule has 2 rings (SSSR count). The summed E-state index contributed by atoms with van der Waals surface area (Å²) in [7, 11) is 0. The predicted molar refractivity (Wildman–Crippen MR) is 66.5 cm³/mol. The highest BCUT2D eigenvalue weighted by atomic mass is 15.1. The summed E-state index contributed by atoms with van der Waals surface area (Å²) in [5.74, 6) is 0. The van der Waals surface area contributed by atoms with Crippen molar-refractivity contribution in [1.29, 1.82) is 0 Å². The van der Waals surface area contributed by atoms with Gasteiger partial charge in [0.1, 0.15) is 0 Å². The van der Waals surface area contributed by atoms with E-state index in [1.165, 1.54) is 5.56 Å². The second-order valence-corrected chi connectivity index (χ2v) is 3.83. The molecule has 0 aliphatic rings. The van der Waals surface area contributed by atoms with Crippen LogP contribution in [0.15, 0.2) is 58.8 Å². The van der Waals surface area contributed by atoms with Crippen molar-refractivity contribution in [3.63, 3.8) is 0 Å². The van der Waals surface area contributed by atoms with Gasteiger partial charge in [0.2, 0.25) is 0 Å². The third kappa shape index (κ3) is 2.54. The van der Waals surface area contributed by atoms with Crippen molar-refractivity contribution >= 4 is 11.4 Å². The minimum Gasteiger partial charge on any atom is -0.151 e. The van der Waals surface area contributed by atoms with Crippen LogP contribution < -0.4 is 0 Å². The molecular weight excluding hydrogens is 196 g/mol. The molecule has 2 aromatic rings. The fraction of sp³-hybridized carbons (Fsp3) is 0.143. The minimum absolute atomic E-state index is 0.892. The van der Waals surface area contributed by atoms with Gasteiger partial charge in [-0.25, -0.2) is 0 Å². The summed E-state index contributed by atoms with van der Waals surface area (Å²) in [6.45, 7) is 4.08. The molecule has 0 fully saturated rings. The summed E-state index contributed by atoms with van der Waals surface area (Å²) in [6.07, 6.45) is 0. The Hall–Kier alpha value is -1.96. The second kappa shape index (κ2) is 4.71. The Kier molecular flexibility index (Phi) is 3.10. The van der Waals surface area contributed by atoms with E-state index in [1.54, 1.807) is 0 Å². The lowest BCUT2D eigenvalue weighted by atomic mass is 10.2. The Labute approximate surface area is 95.7 Å². The van der Waals surface area contributed by atoms with E-state index in [0.29, 0.717) is 0 Å². The zero-order chi connectivity index (χ0) is 11.4. The number of aryl methyl sites for hydroxylation is 2. The van der Waals surface area contributed by atoms with Crippen LogP contribution in [0.1, 0.15) is 11.1 Å². The summed E-state index contributed by atoms with van der Waals surface area (Å²) in [5, 5.41) is 8.47. The summed E-state index contributed by atoms with van der Waals surface area (Å²) in [5.41, 5.74) is 4.15. The van der Waals surface area contributed by atoms with E-state index in [1.807, 2.05) is 62.4 Å². The Morgan fingerprint density at radius 2 is 1.62 bits per heavy atom.